The largest absolute Gasteiger partial charge is 0.345 e. The van der Waals surface area contributed by atoms with Crippen LogP contribution in [0.1, 0.15) is 39.5 Å². The number of benzene rings is 2. The van der Waals surface area contributed by atoms with E-state index in [1.54, 1.807) is 17.8 Å². The number of carbonyl (C=O) groups is 1. The molecule has 114 valence electrons. The lowest BCUT2D eigenvalue weighted by atomic mass is 10.0. The molecule has 2 nitrogen and oxygen atoms in total. The zero-order chi connectivity index (χ0) is 15.7. The van der Waals surface area contributed by atoms with Gasteiger partial charge < -0.3 is 5.32 Å². The van der Waals surface area contributed by atoms with Gasteiger partial charge in [0, 0.05) is 16.2 Å². The monoisotopic (exact) mass is 315 g/mol. The van der Waals surface area contributed by atoms with Crippen molar-refractivity contribution >= 4 is 17.7 Å². The van der Waals surface area contributed by atoms with E-state index in [-0.39, 0.29) is 17.8 Å². The van der Waals surface area contributed by atoms with Crippen molar-refractivity contribution in [3.8, 4) is 0 Å². The lowest BCUT2D eigenvalue weighted by Crippen LogP contribution is -2.30. The first-order valence-corrected chi connectivity index (χ1v) is 8.33. The van der Waals surface area contributed by atoms with E-state index in [1.165, 1.54) is 12.1 Å². The number of amides is 1. The molecule has 4 heteroatoms. The van der Waals surface area contributed by atoms with Gasteiger partial charge in [0.25, 0.3) is 5.91 Å². The van der Waals surface area contributed by atoms with E-state index in [1.807, 2.05) is 32.0 Å². The third-order valence-corrected chi connectivity index (χ3v) is 5.21. The summed E-state index contributed by atoms with van der Waals surface area (Å²) in [5, 5.41) is 3.05. The van der Waals surface area contributed by atoms with Crippen molar-refractivity contribution in [3.63, 3.8) is 0 Å². The number of nitrogens with one attached hydrogen (secondary N) is 1. The summed E-state index contributed by atoms with van der Waals surface area (Å²) in [7, 11) is 0. The molecule has 22 heavy (non-hydrogen) atoms. The van der Waals surface area contributed by atoms with Crippen molar-refractivity contribution in [1.29, 1.82) is 0 Å². The first-order chi connectivity index (χ1) is 10.5. The first kappa shape index (κ1) is 15.1. The lowest BCUT2D eigenvalue weighted by molar-refractivity contribution is 0.0935. The van der Waals surface area contributed by atoms with Gasteiger partial charge in [-0.2, -0.15) is 0 Å². The molecule has 1 aliphatic heterocycles. The lowest BCUT2D eigenvalue weighted by Gasteiger charge is -2.26. The minimum Gasteiger partial charge on any atom is -0.345 e. The highest BCUT2D eigenvalue weighted by Crippen LogP contribution is 2.36. The predicted octanol–water partition coefficient (Wildman–Crippen LogP) is 4.41. The summed E-state index contributed by atoms with van der Waals surface area (Å²) in [5.41, 5.74) is 3.80. The molecular formula is C18H18FNOS. The van der Waals surface area contributed by atoms with Crippen molar-refractivity contribution in [2.45, 2.75) is 31.2 Å². The van der Waals surface area contributed by atoms with Crippen LogP contribution in [0.3, 0.4) is 0 Å². The zero-order valence-electron chi connectivity index (χ0n) is 12.7. The molecule has 0 saturated carbocycles. The fraction of sp³-hybridized carbons (Fsp3) is 0.278. The fourth-order valence-corrected chi connectivity index (χ4v) is 3.75. The van der Waals surface area contributed by atoms with Crippen molar-refractivity contribution in [3.05, 3.63) is 64.5 Å². The zero-order valence-corrected chi connectivity index (χ0v) is 13.5. The van der Waals surface area contributed by atoms with Crippen LogP contribution >= 0.6 is 11.8 Å². The molecular weight excluding hydrogens is 297 g/mol. The predicted molar refractivity (Wildman–Crippen MR) is 87.9 cm³/mol. The van der Waals surface area contributed by atoms with Crippen LogP contribution in [0.4, 0.5) is 4.39 Å². The Morgan fingerprint density at radius 2 is 2.00 bits per heavy atom. The molecule has 0 aliphatic carbocycles. The number of hydrogen-bond donors (Lipinski definition) is 1. The van der Waals surface area contributed by atoms with Gasteiger partial charge in [-0.05, 0) is 67.3 Å². The molecule has 0 radical (unpaired) electrons. The van der Waals surface area contributed by atoms with E-state index >= 15 is 0 Å². The molecule has 1 unspecified atom stereocenters. The van der Waals surface area contributed by atoms with E-state index in [9.17, 15) is 9.18 Å². The van der Waals surface area contributed by atoms with Gasteiger partial charge in [0.1, 0.15) is 5.82 Å². The van der Waals surface area contributed by atoms with Crippen molar-refractivity contribution in [2.75, 3.05) is 5.75 Å². The van der Waals surface area contributed by atoms with Crippen LogP contribution in [0.2, 0.25) is 0 Å². The highest BCUT2D eigenvalue weighted by atomic mass is 32.2. The van der Waals surface area contributed by atoms with Gasteiger partial charge in [0.2, 0.25) is 0 Å². The molecule has 0 spiro atoms. The van der Waals surface area contributed by atoms with Crippen LogP contribution in [0.25, 0.3) is 0 Å². The number of hydrogen-bond acceptors (Lipinski definition) is 2. The second-order valence-corrected chi connectivity index (χ2v) is 6.78. The summed E-state index contributed by atoms with van der Waals surface area (Å²) in [6, 6.07) is 10.4. The van der Waals surface area contributed by atoms with E-state index < -0.39 is 0 Å². The van der Waals surface area contributed by atoms with E-state index in [2.05, 4.69) is 5.32 Å². The minimum absolute atomic E-state index is 0.102. The number of halogens is 1. The maximum atomic E-state index is 13.5. The topological polar surface area (TPSA) is 29.1 Å². The Hall–Kier alpha value is -1.81. The standard InChI is InChI=1S/C18H18FNOS/c1-11-3-4-13(9-12(11)2)18(21)20-16-7-8-22-17-6-5-14(19)10-15(16)17/h3-6,9-10,16H,7-8H2,1-2H3,(H,20,21). The molecule has 1 heterocycles. The maximum Gasteiger partial charge on any atom is 0.251 e. The second-order valence-electron chi connectivity index (χ2n) is 5.64. The quantitative estimate of drug-likeness (QED) is 0.889. The van der Waals surface area contributed by atoms with Gasteiger partial charge in [-0.15, -0.1) is 11.8 Å². The molecule has 0 fully saturated rings. The third-order valence-electron chi connectivity index (χ3n) is 4.09. The molecule has 0 saturated heterocycles. The van der Waals surface area contributed by atoms with E-state index in [0.29, 0.717) is 5.56 Å². The normalized spacial score (nSPS) is 17.0. The van der Waals surface area contributed by atoms with Crippen LogP contribution in [0.5, 0.6) is 0 Å². The minimum atomic E-state index is -0.258. The molecule has 1 atom stereocenters. The van der Waals surface area contributed by atoms with Crippen molar-refractivity contribution in [2.24, 2.45) is 0 Å². The smallest absolute Gasteiger partial charge is 0.251 e. The van der Waals surface area contributed by atoms with E-state index in [0.717, 1.165) is 33.8 Å². The molecule has 3 rings (SSSR count). The Kier molecular flexibility index (Phi) is 4.21. The first-order valence-electron chi connectivity index (χ1n) is 7.35. The summed E-state index contributed by atoms with van der Waals surface area (Å²) < 4.78 is 13.5. The van der Waals surface area contributed by atoms with Gasteiger partial charge >= 0.3 is 0 Å². The molecule has 1 aliphatic rings. The maximum absolute atomic E-state index is 13.5. The highest BCUT2D eigenvalue weighted by Gasteiger charge is 2.23. The Labute approximate surface area is 134 Å². The van der Waals surface area contributed by atoms with Crippen molar-refractivity contribution in [1.82, 2.24) is 5.32 Å². The fourth-order valence-electron chi connectivity index (χ4n) is 2.64. The summed E-state index contributed by atoms with van der Waals surface area (Å²) in [4.78, 5) is 13.5. The Bertz CT molecular complexity index is 729. The highest BCUT2D eigenvalue weighted by molar-refractivity contribution is 7.99. The van der Waals surface area contributed by atoms with Crippen LogP contribution in [0, 0.1) is 19.7 Å². The van der Waals surface area contributed by atoms with Gasteiger partial charge in [0.15, 0.2) is 0 Å². The van der Waals surface area contributed by atoms with Crippen molar-refractivity contribution < 1.29 is 9.18 Å². The summed E-state index contributed by atoms with van der Waals surface area (Å²) >= 11 is 1.71. The van der Waals surface area contributed by atoms with Crippen LogP contribution in [0.15, 0.2) is 41.3 Å². The summed E-state index contributed by atoms with van der Waals surface area (Å²) in [6.45, 7) is 4.02. The average Bonchev–Trinajstić information content (AvgIpc) is 2.50. The Balaban J connectivity index is 1.83. The molecule has 1 amide bonds. The van der Waals surface area contributed by atoms with Crippen LogP contribution in [-0.4, -0.2) is 11.7 Å². The molecule has 1 N–H and O–H groups in total. The number of carbonyl (C=O) groups excluding carboxylic acids is 1. The van der Waals surface area contributed by atoms with Gasteiger partial charge in [-0.1, -0.05) is 6.07 Å². The Morgan fingerprint density at radius 1 is 1.18 bits per heavy atom. The van der Waals surface area contributed by atoms with Crippen LogP contribution in [-0.2, 0) is 0 Å². The molecule has 0 aromatic heterocycles. The molecule has 0 bridgehead atoms. The average molecular weight is 315 g/mol. The van der Waals surface area contributed by atoms with Gasteiger partial charge in [0.05, 0.1) is 6.04 Å². The van der Waals surface area contributed by atoms with Crippen LogP contribution < -0.4 is 5.32 Å². The molecule has 2 aromatic carbocycles. The number of aryl methyl sites for hydroxylation is 2. The van der Waals surface area contributed by atoms with Gasteiger partial charge in [-0.3, -0.25) is 4.79 Å². The van der Waals surface area contributed by atoms with Gasteiger partial charge in [-0.25, -0.2) is 4.39 Å². The van der Waals surface area contributed by atoms with E-state index in [4.69, 9.17) is 0 Å². The summed E-state index contributed by atoms with van der Waals surface area (Å²) in [6.07, 6.45) is 0.817. The third kappa shape index (κ3) is 3.02. The summed E-state index contributed by atoms with van der Waals surface area (Å²) in [5.74, 6) is 0.568. The second kappa shape index (κ2) is 6.13. The molecule has 2 aromatic rings. The number of thioether (sulfide) groups is 1. The number of rotatable bonds is 2. The Morgan fingerprint density at radius 3 is 2.77 bits per heavy atom. The SMILES string of the molecule is Cc1ccc(C(=O)NC2CCSc3ccc(F)cc32)cc1C. The number of fused-ring (bicyclic) bond motifs is 1.